The third-order valence-electron chi connectivity index (χ3n) is 4.26. The first-order valence-electron chi connectivity index (χ1n) is 8.63. The Kier molecular flexibility index (Phi) is 7.30. The molecule has 1 unspecified atom stereocenters. The third kappa shape index (κ3) is 5.38. The van der Waals surface area contributed by atoms with Crippen LogP contribution in [0.2, 0.25) is 5.02 Å². The predicted molar refractivity (Wildman–Crippen MR) is 104 cm³/mol. The molecule has 0 aliphatic rings. The number of benzene rings is 2. The van der Waals surface area contributed by atoms with Gasteiger partial charge >= 0.3 is 0 Å². The first-order chi connectivity index (χ1) is 12.4. The molecule has 26 heavy (non-hydrogen) atoms. The highest BCUT2D eigenvalue weighted by Crippen LogP contribution is 2.27. The second-order valence-electron chi connectivity index (χ2n) is 6.16. The van der Waals surface area contributed by atoms with Gasteiger partial charge in [-0.3, -0.25) is 4.79 Å². The number of anilines is 1. The summed E-state index contributed by atoms with van der Waals surface area (Å²) in [6.07, 6.45) is 0. The molecule has 0 spiro atoms. The molecule has 0 aliphatic heterocycles. The molecule has 0 radical (unpaired) electrons. The molecule has 2 atom stereocenters. The van der Waals surface area contributed by atoms with Crippen LogP contribution < -0.4 is 19.7 Å². The highest BCUT2D eigenvalue weighted by Gasteiger charge is 2.22. The summed E-state index contributed by atoms with van der Waals surface area (Å²) in [5, 5.41) is 3.56. The standard InChI is InChI=1S/C20H25ClN2O3/c1-5-26-18-11-6-15(12-19(18)25-4)13-23(3)14(2)20(24)22-17-9-7-16(21)8-10-17/h6-12,14H,5,13H2,1-4H3,(H,22,24)/p+1/t14-/m0/s1. The van der Waals surface area contributed by atoms with Gasteiger partial charge in [0, 0.05) is 16.3 Å². The molecule has 2 rings (SSSR count). The number of ether oxygens (including phenoxy) is 2. The molecule has 2 aromatic carbocycles. The molecule has 2 N–H and O–H groups in total. The molecule has 140 valence electrons. The van der Waals surface area contributed by atoms with Crippen LogP contribution in [0.3, 0.4) is 0 Å². The number of quaternary nitrogens is 1. The SMILES string of the molecule is CCOc1ccc(C[NH+](C)[C@@H](C)C(=O)Nc2ccc(Cl)cc2)cc1OC. The van der Waals surface area contributed by atoms with E-state index in [1.165, 1.54) is 0 Å². The van der Waals surface area contributed by atoms with Crippen molar-refractivity contribution in [1.82, 2.24) is 0 Å². The van der Waals surface area contributed by atoms with Gasteiger partial charge in [-0.15, -0.1) is 0 Å². The Bertz CT molecular complexity index is 734. The topological polar surface area (TPSA) is 52.0 Å². The largest absolute Gasteiger partial charge is 0.493 e. The average molecular weight is 378 g/mol. The maximum atomic E-state index is 12.5. The first-order valence-corrected chi connectivity index (χ1v) is 9.00. The molecule has 6 heteroatoms. The van der Waals surface area contributed by atoms with Crippen LogP contribution in [0.25, 0.3) is 0 Å². The van der Waals surface area contributed by atoms with Gasteiger partial charge in [0.05, 0.1) is 20.8 Å². The van der Waals surface area contributed by atoms with Crippen molar-refractivity contribution in [2.75, 3.05) is 26.1 Å². The number of carbonyl (C=O) groups excluding carboxylic acids is 1. The molecule has 0 fully saturated rings. The van der Waals surface area contributed by atoms with Crippen molar-refractivity contribution in [1.29, 1.82) is 0 Å². The quantitative estimate of drug-likeness (QED) is 0.743. The number of amides is 1. The zero-order valence-corrected chi connectivity index (χ0v) is 16.4. The molecular weight excluding hydrogens is 352 g/mol. The number of likely N-dealkylation sites (N-methyl/N-ethyl adjacent to an activating group) is 1. The van der Waals surface area contributed by atoms with Crippen molar-refractivity contribution in [2.45, 2.75) is 26.4 Å². The van der Waals surface area contributed by atoms with E-state index in [0.29, 0.717) is 23.9 Å². The van der Waals surface area contributed by atoms with Crippen LogP contribution >= 0.6 is 11.6 Å². The summed E-state index contributed by atoms with van der Waals surface area (Å²) >= 11 is 5.87. The Balaban J connectivity index is 2.00. The second kappa shape index (κ2) is 9.46. The van der Waals surface area contributed by atoms with Crippen LogP contribution in [0.1, 0.15) is 19.4 Å². The lowest BCUT2D eigenvalue weighted by atomic mass is 10.1. The first kappa shape index (κ1) is 20.1. The fourth-order valence-corrected chi connectivity index (χ4v) is 2.71. The zero-order chi connectivity index (χ0) is 19.1. The summed E-state index contributed by atoms with van der Waals surface area (Å²) in [5.74, 6) is 1.39. The molecule has 5 nitrogen and oxygen atoms in total. The number of halogens is 1. The summed E-state index contributed by atoms with van der Waals surface area (Å²) in [7, 11) is 3.62. The van der Waals surface area contributed by atoms with Crippen LogP contribution in [-0.2, 0) is 11.3 Å². The van der Waals surface area contributed by atoms with E-state index >= 15 is 0 Å². The van der Waals surface area contributed by atoms with E-state index in [2.05, 4.69) is 5.32 Å². The summed E-state index contributed by atoms with van der Waals surface area (Å²) in [6.45, 7) is 5.12. The van der Waals surface area contributed by atoms with E-state index in [9.17, 15) is 4.79 Å². The minimum atomic E-state index is -0.219. The van der Waals surface area contributed by atoms with Gasteiger partial charge in [-0.2, -0.15) is 0 Å². The minimum absolute atomic E-state index is 0.0391. The summed E-state index contributed by atoms with van der Waals surface area (Å²) in [5.41, 5.74) is 1.82. The predicted octanol–water partition coefficient (Wildman–Crippen LogP) is 2.79. The van der Waals surface area contributed by atoms with Gasteiger partial charge in [-0.1, -0.05) is 11.6 Å². The Morgan fingerprint density at radius 1 is 1.19 bits per heavy atom. The maximum Gasteiger partial charge on any atom is 0.282 e. The summed E-state index contributed by atoms with van der Waals surface area (Å²) in [6, 6.07) is 12.7. The molecule has 0 saturated heterocycles. The number of methoxy groups -OCH3 is 1. The number of hydrogen-bond acceptors (Lipinski definition) is 3. The molecule has 0 saturated carbocycles. The van der Waals surface area contributed by atoms with Gasteiger partial charge in [0.25, 0.3) is 5.91 Å². The minimum Gasteiger partial charge on any atom is -0.493 e. The lowest BCUT2D eigenvalue weighted by Gasteiger charge is -2.21. The fraction of sp³-hybridized carbons (Fsp3) is 0.350. The Hall–Kier alpha value is -2.24. The highest BCUT2D eigenvalue weighted by molar-refractivity contribution is 6.30. The van der Waals surface area contributed by atoms with Crippen molar-refractivity contribution in [2.24, 2.45) is 0 Å². The molecular formula is C20H26ClN2O3+. The molecule has 1 amide bonds. The van der Waals surface area contributed by atoms with Gasteiger partial charge in [-0.25, -0.2) is 0 Å². The van der Waals surface area contributed by atoms with E-state index in [1.807, 2.05) is 39.1 Å². The Morgan fingerprint density at radius 2 is 1.88 bits per heavy atom. The van der Waals surface area contributed by atoms with Crippen LogP contribution in [0, 0.1) is 0 Å². The molecule has 2 aromatic rings. The van der Waals surface area contributed by atoms with E-state index in [1.54, 1.807) is 31.4 Å². The van der Waals surface area contributed by atoms with Gasteiger partial charge in [0.15, 0.2) is 17.5 Å². The zero-order valence-electron chi connectivity index (χ0n) is 15.6. The average Bonchev–Trinajstić information content (AvgIpc) is 2.64. The van der Waals surface area contributed by atoms with Crippen LogP contribution in [0.5, 0.6) is 11.5 Å². The van der Waals surface area contributed by atoms with Crippen molar-refractivity contribution < 1.29 is 19.2 Å². The molecule has 0 heterocycles. The van der Waals surface area contributed by atoms with E-state index in [4.69, 9.17) is 21.1 Å². The van der Waals surface area contributed by atoms with E-state index in [0.717, 1.165) is 21.9 Å². The molecule has 0 bridgehead atoms. The monoisotopic (exact) mass is 377 g/mol. The fourth-order valence-electron chi connectivity index (χ4n) is 2.58. The van der Waals surface area contributed by atoms with Crippen LogP contribution in [-0.4, -0.2) is 32.7 Å². The van der Waals surface area contributed by atoms with Crippen molar-refractivity contribution >= 4 is 23.2 Å². The van der Waals surface area contributed by atoms with Crippen molar-refractivity contribution in [3.63, 3.8) is 0 Å². The maximum absolute atomic E-state index is 12.5. The van der Waals surface area contributed by atoms with Gasteiger partial charge in [-0.05, 0) is 56.3 Å². The third-order valence-corrected chi connectivity index (χ3v) is 4.51. The molecule has 0 aromatic heterocycles. The smallest absolute Gasteiger partial charge is 0.282 e. The Morgan fingerprint density at radius 3 is 2.50 bits per heavy atom. The number of carbonyl (C=O) groups is 1. The molecule has 0 aliphatic carbocycles. The van der Waals surface area contributed by atoms with Gasteiger partial charge < -0.3 is 19.7 Å². The summed E-state index contributed by atoms with van der Waals surface area (Å²) < 4.78 is 10.9. The Labute approximate surface area is 159 Å². The van der Waals surface area contributed by atoms with Crippen molar-refractivity contribution in [3.8, 4) is 11.5 Å². The van der Waals surface area contributed by atoms with Gasteiger partial charge in [0.2, 0.25) is 0 Å². The van der Waals surface area contributed by atoms with Crippen LogP contribution in [0.15, 0.2) is 42.5 Å². The van der Waals surface area contributed by atoms with Crippen molar-refractivity contribution in [3.05, 3.63) is 53.1 Å². The lowest BCUT2D eigenvalue weighted by molar-refractivity contribution is -0.907. The normalized spacial score (nSPS) is 13.0. The number of nitrogens with one attached hydrogen (secondary N) is 2. The summed E-state index contributed by atoms with van der Waals surface area (Å²) in [4.78, 5) is 13.6. The number of rotatable bonds is 8. The highest BCUT2D eigenvalue weighted by atomic mass is 35.5. The van der Waals surface area contributed by atoms with E-state index in [-0.39, 0.29) is 11.9 Å². The van der Waals surface area contributed by atoms with E-state index < -0.39 is 0 Å². The lowest BCUT2D eigenvalue weighted by Crippen LogP contribution is -3.12. The second-order valence-corrected chi connectivity index (χ2v) is 6.60. The van der Waals surface area contributed by atoms with Gasteiger partial charge in [0.1, 0.15) is 6.54 Å². The van der Waals surface area contributed by atoms with Crippen LogP contribution in [0.4, 0.5) is 5.69 Å². The number of hydrogen-bond donors (Lipinski definition) is 2.